The van der Waals surface area contributed by atoms with Crippen molar-refractivity contribution >= 4 is 33.5 Å². The zero-order valence-corrected chi connectivity index (χ0v) is 10.8. The molecule has 0 saturated heterocycles. The average molecular weight is 299 g/mol. The molecule has 74 valence electrons. The normalized spacial score (nSPS) is 12.3. The van der Waals surface area contributed by atoms with Crippen molar-refractivity contribution in [1.82, 2.24) is 4.98 Å². The van der Waals surface area contributed by atoms with E-state index in [1.54, 1.807) is 0 Å². The molecule has 1 aromatic heterocycles. The van der Waals surface area contributed by atoms with Crippen molar-refractivity contribution in [1.29, 1.82) is 0 Å². The number of nitrogens with one attached hydrogen (secondary N) is 1. The van der Waals surface area contributed by atoms with E-state index in [4.69, 9.17) is 0 Å². The van der Waals surface area contributed by atoms with Gasteiger partial charge in [0.1, 0.15) is 0 Å². The second kappa shape index (κ2) is 3.26. The van der Waals surface area contributed by atoms with Gasteiger partial charge in [-0.05, 0) is 51.8 Å². The van der Waals surface area contributed by atoms with Gasteiger partial charge in [0.05, 0.1) is 5.52 Å². The first-order chi connectivity index (χ1) is 6.48. The van der Waals surface area contributed by atoms with E-state index in [1.807, 2.05) is 6.20 Å². The van der Waals surface area contributed by atoms with Gasteiger partial charge < -0.3 is 4.98 Å². The Kier molecular flexibility index (Phi) is 2.33. The number of benzene rings is 1. The van der Waals surface area contributed by atoms with Crippen LogP contribution in [0.3, 0.4) is 0 Å². The standard InChI is InChI=1S/C12H14IN/c1-12(2,3)9-6-8-4-5-14-11(8)10(13)7-9/h4-7,14H,1-3H3. The average Bonchev–Trinajstić information content (AvgIpc) is 2.50. The number of rotatable bonds is 0. The van der Waals surface area contributed by atoms with Crippen molar-refractivity contribution < 1.29 is 0 Å². The van der Waals surface area contributed by atoms with Gasteiger partial charge >= 0.3 is 0 Å². The van der Waals surface area contributed by atoms with Crippen LogP contribution in [0.25, 0.3) is 10.9 Å². The van der Waals surface area contributed by atoms with Crippen molar-refractivity contribution in [3.05, 3.63) is 33.5 Å². The molecule has 2 aromatic rings. The third-order valence-corrected chi connectivity index (χ3v) is 3.33. The predicted molar refractivity (Wildman–Crippen MR) is 69.7 cm³/mol. The van der Waals surface area contributed by atoms with E-state index < -0.39 is 0 Å². The van der Waals surface area contributed by atoms with Gasteiger partial charge in [-0.3, -0.25) is 0 Å². The van der Waals surface area contributed by atoms with E-state index in [9.17, 15) is 0 Å². The van der Waals surface area contributed by atoms with Gasteiger partial charge in [0.2, 0.25) is 0 Å². The highest BCUT2D eigenvalue weighted by molar-refractivity contribution is 14.1. The second-order valence-corrected chi connectivity index (χ2v) is 5.81. The molecule has 1 N–H and O–H groups in total. The molecule has 0 aliphatic heterocycles. The molecular formula is C12H14IN. The summed E-state index contributed by atoms with van der Waals surface area (Å²) < 4.78 is 1.30. The maximum atomic E-state index is 3.26. The summed E-state index contributed by atoms with van der Waals surface area (Å²) in [5.74, 6) is 0. The summed E-state index contributed by atoms with van der Waals surface area (Å²) in [6.45, 7) is 6.74. The Morgan fingerprint density at radius 1 is 1.21 bits per heavy atom. The van der Waals surface area contributed by atoms with E-state index in [0.717, 1.165) is 0 Å². The van der Waals surface area contributed by atoms with Crippen LogP contribution < -0.4 is 0 Å². The fourth-order valence-corrected chi connectivity index (χ4v) is 2.36. The van der Waals surface area contributed by atoms with Gasteiger partial charge in [0.15, 0.2) is 0 Å². The highest BCUT2D eigenvalue weighted by atomic mass is 127. The molecule has 0 spiro atoms. The Balaban J connectivity index is 2.70. The second-order valence-electron chi connectivity index (χ2n) is 4.65. The molecule has 2 heteroatoms. The molecular weight excluding hydrogens is 285 g/mol. The van der Waals surface area contributed by atoms with Crippen LogP contribution >= 0.6 is 22.6 Å². The number of H-pyrrole nitrogens is 1. The van der Waals surface area contributed by atoms with E-state index in [-0.39, 0.29) is 5.41 Å². The van der Waals surface area contributed by atoms with Gasteiger partial charge in [0, 0.05) is 15.2 Å². The van der Waals surface area contributed by atoms with Crippen molar-refractivity contribution in [3.63, 3.8) is 0 Å². The van der Waals surface area contributed by atoms with Crippen LogP contribution in [-0.2, 0) is 5.41 Å². The van der Waals surface area contributed by atoms with Crippen LogP contribution in [0, 0.1) is 3.57 Å². The minimum Gasteiger partial charge on any atom is -0.360 e. The molecule has 0 radical (unpaired) electrons. The molecule has 1 aromatic carbocycles. The monoisotopic (exact) mass is 299 g/mol. The molecule has 14 heavy (non-hydrogen) atoms. The van der Waals surface area contributed by atoms with E-state index in [0.29, 0.717) is 0 Å². The zero-order valence-electron chi connectivity index (χ0n) is 8.69. The summed E-state index contributed by atoms with van der Waals surface area (Å²) in [4.78, 5) is 3.26. The lowest BCUT2D eigenvalue weighted by molar-refractivity contribution is 0.591. The Labute approximate surface area is 98.0 Å². The molecule has 1 nitrogen and oxygen atoms in total. The van der Waals surface area contributed by atoms with Gasteiger partial charge in [-0.2, -0.15) is 0 Å². The summed E-state index contributed by atoms with van der Waals surface area (Å²) in [6, 6.07) is 6.67. The smallest absolute Gasteiger partial charge is 0.0589 e. The van der Waals surface area contributed by atoms with Gasteiger partial charge in [-0.25, -0.2) is 0 Å². The largest absolute Gasteiger partial charge is 0.360 e. The first kappa shape index (κ1) is 10.0. The van der Waals surface area contributed by atoms with Gasteiger partial charge in [-0.1, -0.05) is 20.8 Å². The molecule has 2 rings (SSSR count). The number of fused-ring (bicyclic) bond motifs is 1. The predicted octanol–water partition coefficient (Wildman–Crippen LogP) is 4.07. The van der Waals surface area contributed by atoms with Crippen LogP contribution in [0.4, 0.5) is 0 Å². The number of halogens is 1. The van der Waals surface area contributed by atoms with Crippen LogP contribution in [0.5, 0.6) is 0 Å². The molecule has 0 amide bonds. The summed E-state index contributed by atoms with van der Waals surface area (Å²) in [5.41, 5.74) is 2.87. The SMILES string of the molecule is CC(C)(C)c1cc(I)c2[nH]ccc2c1. The molecule has 1 heterocycles. The molecule has 0 unspecified atom stereocenters. The van der Waals surface area contributed by atoms with Crippen LogP contribution in [0.1, 0.15) is 26.3 Å². The van der Waals surface area contributed by atoms with E-state index >= 15 is 0 Å². The quantitative estimate of drug-likeness (QED) is 0.706. The summed E-state index contributed by atoms with van der Waals surface area (Å²) >= 11 is 2.39. The number of aromatic nitrogens is 1. The summed E-state index contributed by atoms with van der Waals surface area (Å²) in [7, 11) is 0. The van der Waals surface area contributed by atoms with Gasteiger partial charge in [-0.15, -0.1) is 0 Å². The Hall–Kier alpha value is -0.510. The number of hydrogen-bond donors (Lipinski definition) is 1. The fourth-order valence-electron chi connectivity index (χ4n) is 1.56. The van der Waals surface area contributed by atoms with Crippen LogP contribution in [-0.4, -0.2) is 4.98 Å². The first-order valence-corrected chi connectivity index (χ1v) is 5.83. The van der Waals surface area contributed by atoms with Crippen molar-refractivity contribution in [2.45, 2.75) is 26.2 Å². The molecule has 0 bridgehead atoms. The lowest BCUT2D eigenvalue weighted by atomic mass is 9.86. The van der Waals surface area contributed by atoms with Crippen molar-refractivity contribution in [2.24, 2.45) is 0 Å². The molecule has 0 fully saturated rings. The third kappa shape index (κ3) is 1.67. The number of aromatic amines is 1. The highest BCUT2D eigenvalue weighted by Gasteiger charge is 2.15. The van der Waals surface area contributed by atoms with Gasteiger partial charge in [0.25, 0.3) is 0 Å². The summed E-state index contributed by atoms with van der Waals surface area (Å²) in [6.07, 6.45) is 2.00. The Bertz CT molecular complexity index is 463. The minimum atomic E-state index is 0.228. The lowest BCUT2D eigenvalue weighted by Gasteiger charge is -2.19. The number of hydrogen-bond acceptors (Lipinski definition) is 0. The van der Waals surface area contributed by atoms with E-state index in [2.05, 4.69) is 66.5 Å². The molecule has 0 aliphatic rings. The van der Waals surface area contributed by atoms with Crippen molar-refractivity contribution in [2.75, 3.05) is 0 Å². The maximum absolute atomic E-state index is 3.26. The van der Waals surface area contributed by atoms with Crippen LogP contribution in [0.2, 0.25) is 0 Å². The zero-order chi connectivity index (χ0) is 10.3. The van der Waals surface area contributed by atoms with E-state index in [1.165, 1.54) is 20.0 Å². The molecule has 0 saturated carbocycles. The molecule has 0 aliphatic carbocycles. The Morgan fingerprint density at radius 2 is 1.93 bits per heavy atom. The minimum absolute atomic E-state index is 0.228. The van der Waals surface area contributed by atoms with Crippen molar-refractivity contribution in [3.8, 4) is 0 Å². The first-order valence-electron chi connectivity index (χ1n) is 4.75. The van der Waals surface area contributed by atoms with Crippen LogP contribution in [0.15, 0.2) is 24.4 Å². The third-order valence-electron chi connectivity index (χ3n) is 2.48. The Morgan fingerprint density at radius 3 is 2.57 bits per heavy atom. The summed E-state index contributed by atoms with van der Waals surface area (Å²) in [5, 5.41) is 1.31. The fraction of sp³-hybridized carbons (Fsp3) is 0.333. The maximum Gasteiger partial charge on any atom is 0.0589 e. The molecule has 0 atom stereocenters. The lowest BCUT2D eigenvalue weighted by Crippen LogP contribution is -2.11. The highest BCUT2D eigenvalue weighted by Crippen LogP contribution is 2.28. The topological polar surface area (TPSA) is 15.8 Å².